The van der Waals surface area contributed by atoms with Gasteiger partial charge in [0, 0.05) is 24.8 Å². The van der Waals surface area contributed by atoms with Crippen molar-refractivity contribution in [1.82, 2.24) is 4.98 Å². The summed E-state index contributed by atoms with van der Waals surface area (Å²) in [5.74, 6) is 0.666. The number of aromatic nitrogens is 1. The first kappa shape index (κ1) is 13.8. The van der Waals surface area contributed by atoms with E-state index in [1.807, 2.05) is 6.07 Å². The molecule has 4 nitrogen and oxygen atoms in total. The van der Waals surface area contributed by atoms with Crippen LogP contribution in [-0.2, 0) is 6.42 Å². The number of aromatic amines is 1. The molecule has 3 N–H and O–H groups in total. The first-order valence-corrected chi connectivity index (χ1v) is 6.62. The third-order valence-corrected chi connectivity index (χ3v) is 3.26. The lowest BCUT2D eigenvalue weighted by molar-refractivity contribution is 0.180. The van der Waals surface area contributed by atoms with E-state index in [2.05, 4.69) is 36.3 Å². The van der Waals surface area contributed by atoms with E-state index >= 15 is 0 Å². The molecule has 2 aromatic rings. The summed E-state index contributed by atoms with van der Waals surface area (Å²) in [4.78, 5) is 3.12. The number of aliphatic hydroxyl groups excluding tert-OH is 1. The van der Waals surface area contributed by atoms with E-state index in [1.54, 1.807) is 6.20 Å². The Morgan fingerprint density at radius 2 is 2.16 bits per heavy atom. The highest BCUT2D eigenvalue weighted by molar-refractivity contribution is 7.71. The Kier molecular flexibility index (Phi) is 4.39. The second kappa shape index (κ2) is 6.04. The van der Waals surface area contributed by atoms with E-state index in [1.165, 1.54) is 11.1 Å². The summed E-state index contributed by atoms with van der Waals surface area (Å²) in [6, 6.07) is 6.15. The van der Waals surface area contributed by atoms with Crippen molar-refractivity contribution in [3.8, 4) is 0 Å². The Morgan fingerprint density at radius 3 is 2.79 bits per heavy atom. The highest BCUT2D eigenvalue weighted by atomic mass is 32.1. The molecule has 0 aliphatic carbocycles. The number of H-pyrrole nitrogens is 1. The van der Waals surface area contributed by atoms with Gasteiger partial charge in [0.15, 0.2) is 0 Å². The molecule has 2 rings (SSSR count). The summed E-state index contributed by atoms with van der Waals surface area (Å²) in [5, 5.41) is 13.1. The van der Waals surface area contributed by atoms with Crippen LogP contribution in [0.25, 0.3) is 0 Å². The zero-order valence-corrected chi connectivity index (χ0v) is 11.9. The third kappa shape index (κ3) is 3.94. The Balaban J connectivity index is 1.87. The van der Waals surface area contributed by atoms with E-state index < -0.39 is 6.10 Å². The summed E-state index contributed by atoms with van der Waals surface area (Å²) in [6.45, 7) is 4.62. The molecular weight excluding hydrogens is 260 g/mol. The van der Waals surface area contributed by atoms with Gasteiger partial charge in [-0.05, 0) is 49.3 Å². The Hall–Kier alpha value is -1.59. The second-order valence-corrected chi connectivity index (χ2v) is 5.05. The molecule has 0 amide bonds. The second-order valence-electron chi connectivity index (χ2n) is 4.68. The molecule has 5 heteroatoms. The topological polar surface area (TPSA) is 61.2 Å². The molecule has 1 heterocycles. The Labute approximate surface area is 117 Å². The molecule has 1 atom stereocenters. The number of rotatable bonds is 5. The van der Waals surface area contributed by atoms with E-state index in [0.717, 1.165) is 5.69 Å². The minimum atomic E-state index is -0.518. The fourth-order valence-electron chi connectivity index (χ4n) is 1.81. The van der Waals surface area contributed by atoms with E-state index in [-0.39, 0.29) is 0 Å². The van der Waals surface area contributed by atoms with Crippen molar-refractivity contribution >= 4 is 17.9 Å². The average molecular weight is 278 g/mol. The van der Waals surface area contributed by atoms with Crippen LogP contribution in [0, 0.1) is 18.7 Å². The standard InChI is InChI=1S/C14H18N2O2S/c1-9-3-4-11(5-10(9)2)15-7-12(17)6-13-8-16-14(19)18-13/h3-5,8,12,15,17H,6-7H2,1-2H3,(H,16,19). The smallest absolute Gasteiger partial charge is 0.266 e. The maximum atomic E-state index is 9.93. The Morgan fingerprint density at radius 1 is 1.37 bits per heavy atom. The van der Waals surface area contributed by atoms with Crippen LogP contribution in [0.15, 0.2) is 28.8 Å². The van der Waals surface area contributed by atoms with Crippen LogP contribution in [0.5, 0.6) is 0 Å². The normalized spacial score (nSPS) is 12.4. The fourth-order valence-corrected chi connectivity index (χ4v) is 1.98. The molecule has 0 radical (unpaired) electrons. The average Bonchev–Trinajstić information content (AvgIpc) is 2.76. The van der Waals surface area contributed by atoms with Crippen LogP contribution >= 0.6 is 12.2 Å². The first-order chi connectivity index (χ1) is 9.04. The van der Waals surface area contributed by atoms with Gasteiger partial charge < -0.3 is 19.8 Å². The van der Waals surface area contributed by atoms with Crippen molar-refractivity contribution in [1.29, 1.82) is 0 Å². The summed E-state index contributed by atoms with van der Waals surface area (Å²) in [7, 11) is 0. The van der Waals surface area contributed by atoms with E-state index in [9.17, 15) is 5.11 Å². The lowest BCUT2D eigenvalue weighted by Crippen LogP contribution is -2.21. The van der Waals surface area contributed by atoms with Gasteiger partial charge in [-0.1, -0.05) is 6.07 Å². The SMILES string of the molecule is Cc1ccc(NCC(O)Cc2c[nH]c(=S)o2)cc1C. The number of aliphatic hydroxyl groups is 1. The molecule has 19 heavy (non-hydrogen) atoms. The molecule has 0 saturated carbocycles. The monoisotopic (exact) mass is 278 g/mol. The number of hydrogen-bond acceptors (Lipinski definition) is 4. The number of hydrogen-bond donors (Lipinski definition) is 3. The van der Waals surface area contributed by atoms with Gasteiger partial charge in [-0.2, -0.15) is 0 Å². The molecule has 0 saturated heterocycles. The van der Waals surface area contributed by atoms with Gasteiger partial charge in [0.25, 0.3) is 4.84 Å². The largest absolute Gasteiger partial charge is 0.435 e. The molecule has 1 aromatic carbocycles. The van der Waals surface area contributed by atoms with Crippen LogP contribution in [-0.4, -0.2) is 22.7 Å². The van der Waals surface area contributed by atoms with E-state index in [4.69, 9.17) is 16.6 Å². The minimum absolute atomic E-state index is 0.337. The van der Waals surface area contributed by atoms with Crippen molar-refractivity contribution < 1.29 is 9.52 Å². The fraction of sp³-hybridized carbons (Fsp3) is 0.357. The molecular formula is C14H18N2O2S. The van der Waals surface area contributed by atoms with Crippen molar-refractivity contribution in [2.45, 2.75) is 26.4 Å². The zero-order chi connectivity index (χ0) is 13.8. The maximum absolute atomic E-state index is 9.93. The van der Waals surface area contributed by atoms with Crippen molar-refractivity contribution in [2.75, 3.05) is 11.9 Å². The van der Waals surface area contributed by atoms with Crippen molar-refractivity contribution in [3.63, 3.8) is 0 Å². The van der Waals surface area contributed by atoms with Crippen LogP contribution in [0.1, 0.15) is 16.9 Å². The maximum Gasteiger partial charge on any atom is 0.266 e. The number of oxazole rings is 1. The Bertz CT molecular complexity index is 603. The van der Waals surface area contributed by atoms with Gasteiger partial charge in [-0.3, -0.25) is 0 Å². The van der Waals surface area contributed by atoms with E-state index in [0.29, 0.717) is 23.6 Å². The molecule has 0 aliphatic rings. The highest BCUT2D eigenvalue weighted by Gasteiger charge is 2.08. The minimum Gasteiger partial charge on any atom is -0.435 e. The molecule has 1 unspecified atom stereocenters. The lowest BCUT2D eigenvalue weighted by atomic mass is 10.1. The molecule has 0 bridgehead atoms. The number of nitrogens with one attached hydrogen (secondary N) is 2. The van der Waals surface area contributed by atoms with Crippen LogP contribution in [0.2, 0.25) is 0 Å². The van der Waals surface area contributed by atoms with Gasteiger partial charge >= 0.3 is 0 Å². The summed E-state index contributed by atoms with van der Waals surface area (Å²) < 4.78 is 5.21. The van der Waals surface area contributed by atoms with Gasteiger partial charge in [-0.25, -0.2) is 0 Å². The third-order valence-electron chi connectivity index (χ3n) is 3.06. The summed E-state index contributed by atoms with van der Waals surface area (Å²) in [6.07, 6.45) is 1.60. The van der Waals surface area contributed by atoms with Crippen LogP contribution in [0.3, 0.4) is 0 Å². The molecule has 0 fully saturated rings. The predicted octanol–water partition coefficient (Wildman–Crippen LogP) is 2.97. The van der Waals surface area contributed by atoms with Crippen molar-refractivity contribution in [3.05, 3.63) is 46.1 Å². The number of anilines is 1. The summed E-state index contributed by atoms with van der Waals surface area (Å²) >= 11 is 4.83. The van der Waals surface area contributed by atoms with Gasteiger partial charge in [0.2, 0.25) is 0 Å². The molecule has 0 spiro atoms. The lowest BCUT2D eigenvalue weighted by Gasteiger charge is -2.12. The van der Waals surface area contributed by atoms with Crippen LogP contribution < -0.4 is 5.32 Å². The van der Waals surface area contributed by atoms with Crippen molar-refractivity contribution in [2.24, 2.45) is 0 Å². The number of aryl methyl sites for hydroxylation is 2. The van der Waals surface area contributed by atoms with Gasteiger partial charge in [0.05, 0.1) is 6.10 Å². The highest BCUT2D eigenvalue weighted by Crippen LogP contribution is 2.14. The van der Waals surface area contributed by atoms with Gasteiger partial charge in [0.1, 0.15) is 5.76 Å². The summed E-state index contributed by atoms with van der Waals surface area (Å²) in [5.41, 5.74) is 3.50. The van der Waals surface area contributed by atoms with Gasteiger partial charge in [-0.15, -0.1) is 0 Å². The first-order valence-electron chi connectivity index (χ1n) is 6.21. The number of benzene rings is 1. The quantitative estimate of drug-likeness (QED) is 0.736. The molecule has 1 aromatic heterocycles. The molecule has 102 valence electrons. The predicted molar refractivity (Wildman–Crippen MR) is 78.0 cm³/mol. The van der Waals surface area contributed by atoms with Crippen LogP contribution in [0.4, 0.5) is 5.69 Å². The molecule has 0 aliphatic heterocycles. The zero-order valence-electron chi connectivity index (χ0n) is 11.1.